The van der Waals surface area contributed by atoms with Gasteiger partial charge in [0.2, 0.25) is 5.91 Å². The van der Waals surface area contributed by atoms with Crippen LogP contribution in [-0.2, 0) is 4.79 Å². The van der Waals surface area contributed by atoms with Gasteiger partial charge < -0.3 is 15.7 Å². The minimum Gasteiger partial charge on any atom is -0.478 e. The van der Waals surface area contributed by atoms with E-state index in [-0.39, 0.29) is 12.1 Å². The minimum atomic E-state index is -1.04. The van der Waals surface area contributed by atoms with Gasteiger partial charge in [-0.1, -0.05) is 0 Å². The Morgan fingerprint density at radius 2 is 2.27 bits per heavy atom. The molecule has 0 spiro atoms. The summed E-state index contributed by atoms with van der Waals surface area (Å²) in [5, 5.41) is 8.74. The van der Waals surface area contributed by atoms with Crippen LogP contribution >= 0.6 is 0 Å². The van der Waals surface area contributed by atoms with Crippen LogP contribution < -0.4 is 10.6 Å². The van der Waals surface area contributed by atoms with Crippen molar-refractivity contribution in [2.45, 2.75) is 0 Å². The second-order valence-electron chi connectivity index (χ2n) is 3.03. The highest BCUT2D eigenvalue weighted by Crippen LogP contribution is 2.10. The molecule has 0 aliphatic rings. The summed E-state index contributed by atoms with van der Waals surface area (Å²) in [6.07, 6.45) is 1.37. The predicted molar refractivity (Wildman–Crippen MR) is 53.7 cm³/mol. The largest absolute Gasteiger partial charge is 0.478 e. The molecule has 0 saturated carbocycles. The molecule has 0 fully saturated rings. The van der Waals surface area contributed by atoms with Crippen molar-refractivity contribution in [1.82, 2.24) is 4.98 Å². The van der Waals surface area contributed by atoms with Crippen LogP contribution in [0.5, 0.6) is 0 Å². The number of nitrogens with zero attached hydrogens (tertiary/aromatic N) is 2. The van der Waals surface area contributed by atoms with Crippen molar-refractivity contribution in [3.63, 3.8) is 0 Å². The molecule has 1 aromatic rings. The Morgan fingerprint density at radius 3 is 2.80 bits per heavy atom. The minimum absolute atomic E-state index is 0.00390. The number of anilines is 1. The molecular formula is C9H11N3O3. The SMILES string of the molecule is CN(CC(N)=O)c1cc(C(=O)O)ccn1. The lowest BCUT2D eigenvalue weighted by Crippen LogP contribution is -2.31. The van der Waals surface area contributed by atoms with Crippen LogP contribution in [0, 0.1) is 0 Å². The summed E-state index contributed by atoms with van der Waals surface area (Å²) in [5.74, 6) is -1.14. The molecule has 3 N–H and O–H groups in total. The van der Waals surface area contributed by atoms with Crippen LogP contribution in [0.3, 0.4) is 0 Å². The van der Waals surface area contributed by atoms with Gasteiger partial charge >= 0.3 is 5.97 Å². The van der Waals surface area contributed by atoms with Crippen LogP contribution in [0.25, 0.3) is 0 Å². The van der Waals surface area contributed by atoms with E-state index in [4.69, 9.17) is 10.8 Å². The third-order valence-corrected chi connectivity index (χ3v) is 1.78. The molecule has 1 amide bonds. The van der Waals surface area contributed by atoms with Gasteiger partial charge in [0.25, 0.3) is 0 Å². The van der Waals surface area contributed by atoms with Crippen molar-refractivity contribution in [2.24, 2.45) is 5.73 Å². The third kappa shape index (κ3) is 2.94. The molecule has 0 saturated heterocycles. The number of likely N-dealkylation sites (N-methyl/N-ethyl adjacent to an activating group) is 1. The Balaban J connectivity index is 2.89. The monoisotopic (exact) mass is 209 g/mol. The maximum atomic E-state index is 10.7. The zero-order valence-corrected chi connectivity index (χ0v) is 8.17. The number of carboxylic acid groups (broad SMARTS) is 1. The second kappa shape index (κ2) is 4.41. The summed E-state index contributed by atoms with van der Waals surface area (Å²) in [7, 11) is 1.61. The normalized spacial score (nSPS) is 9.67. The summed E-state index contributed by atoms with van der Waals surface area (Å²) in [6.45, 7) is -0.00390. The number of carbonyl (C=O) groups is 2. The molecule has 0 aliphatic heterocycles. The summed E-state index contributed by atoms with van der Waals surface area (Å²) >= 11 is 0. The number of aromatic nitrogens is 1. The number of rotatable bonds is 4. The van der Waals surface area contributed by atoms with Gasteiger partial charge in [-0.05, 0) is 12.1 Å². The highest BCUT2D eigenvalue weighted by atomic mass is 16.4. The lowest BCUT2D eigenvalue weighted by atomic mass is 10.2. The average molecular weight is 209 g/mol. The molecule has 15 heavy (non-hydrogen) atoms. The number of primary amides is 1. The first-order valence-corrected chi connectivity index (χ1v) is 4.19. The van der Waals surface area contributed by atoms with Crippen LogP contribution in [0.15, 0.2) is 18.3 Å². The third-order valence-electron chi connectivity index (χ3n) is 1.78. The number of carbonyl (C=O) groups excluding carboxylic acids is 1. The Hall–Kier alpha value is -2.11. The van der Waals surface area contributed by atoms with Gasteiger partial charge in [-0.3, -0.25) is 4.79 Å². The topological polar surface area (TPSA) is 96.5 Å². The van der Waals surface area contributed by atoms with Gasteiger partial charge in [0, 0.05) is 13.2 Å². The maximum Gasteiger partial charge on any atom is 0.335 e. The molecule has 1 heterocycles. The number of pyridine rings is 1. The fraction of sp³-hybridized carbons (Fsp3) is 0.222. The Kier molecular flexibility index (Phi) is 3.22. The highest BCUT2D eigenvalue weighted by Gasteiger charge is 2.08. The van der Waals surface area contributed by atoms with E-state index in [1.54, 1.807) is 7.05 Å². The number of aromatic carboxylic acids is 1. The lowest BCUT2D eigenvalue weighted by Gasteiger charge is -2.15. The van der Waals surface area contributed by atoms with Crippen molar-refractivity contribution in [2.75, 3.05) is 18.5 Å². The van der Waals surface area contributed by atoms with Gasteiger partial charge in [-0.15, -0.1) is 0 Å². The first-order chi connectivity index (χ1) is 7.00. The zero-order chi connectivity index (χ0) is 11.4. The first kappa shape index (κ1) is 11.0. The molecule has 0 bridgehead atoms. The highest BCUT2D eigenvalue weighted by molar-refractivity contribution is 5.88. The summed E-state index contributed by atoms with van der Waals surface area (Å²) in [6, 6.07) is 2.76. The van der Waals surface area contributed by atoms with Crippen LogP contribution in [0.2, 0.25) is 0 Å². The summed E-state index contributed by atoms with van der Waals surface area (Å²) in [4.78, 5) is 26.7. The molecule has 0 atom stereocenters. The van der Waals surface area contributed by atoms with Crippen molar-refractivity contribution in [3.05, 3.63) is 23.9 Å². The van der Waals surface area contributed by atoms with Gasteiger partial charge in [0.1, 0.15) is 5.82 Å². The fourth-order valence-corrected chi connectivity index (χ4v) is 1.07. The van der Waals surface area contributed by atoms with Crippen LogP contribution in [0.1, 0.15) is 10.4 Å². The van der Waals surface area contributed by atoms with Crippen molar-refractivity contribution in [3.8, 4) is 0 Å². The second-order valence-corrected chi connectivity index (χ2v) is 3.03. The first-order valence-electron chi connectivity index (χ1n) is 4.19. The maximum absolute atomic E-state index is 10.7. The van der Waals surface area contributed by atoms with Crippen LogP contribution in [0.4, 0.5) is 5.82 Å². The smallest absolute Gasteiger partial charge is 0.335 e. The number of nitrogens with two attached hydrogens (primary N) is 1. The van der Waals surface area contributed by atoms with E-state index >= 15 is 0 Å². The lowest BCUT2D eigenvalue weighted by molar-refractivity contribution is -0.116. The van der Waals surface area contributed by atoms with Crippen molar-refractivity contribution < 1.29 is 14.7 Å². The summed E-state index contributed by atoms with van der Waals surface area (Å²) < 4.78 is 0. The molecule has 80 valence electrons. The van der Waals surface area contributed by atoms with E-state index in [1.807, 2.05) is 0 Å². The molecule has 0 aliphatic carbocycles. The van der Waals surface area contributed by atoms with Gasteiger partial charge in [-0.2, -0.15) is 0 Å². The van der Waals surface area contributed by atoms with E-state index in [2.05, 4.69) is 4.98 Å². The van der Waals surface area contributed by atoms with Gasteiger partial charge in [-0.25, -0.2) is 9.78 Å². The number of amides is 1. The summed E-state index contributed by atoms with van der Waals surface area (Å²) in [5.41, 5.74) is 5.13. The fourth-order valence-electron chi connectivity index (χ4n) is 1.07. The molecule has 1 aromatic heterocycles. The van der Waals surface area contributed by atoms with Crippen molar-refractivity contribution in [1.29, 1.82) is 0 Å². The Bertz CT molecular complexity index is 392. The van der Waals surface area contributed by atoms with Crippen molar-refractivity contribution >= 4 is 17.7 Å². The van der Waals surface area contributed by atoms with E-state index in [0.29, 0.717) is 5.82 Å². The van der Waals surface area contributed by atoms with E-state index in [1.165, 1.54) is 23.2 Å². The number of carboxylic acids is 1. The predicted octanol–water partition coefficient (Wildman–Crippen LogP) is -0.299. The van der Waals surface area contributed by atoms with Gasteiger partial charge in [0.05, 0.1) is 12.1 Å². The molecule has 0 radical (unpaired) electrons. The number of hydrogen-bond acceptors (Lipinski definition) is 4. The molecule has 6 nitrogen and oxygen atoms in total. The molecule has 0 unspecified atom stereocenters. The van der Waals surface area contributed by atoms with Crippen LogP contribution in [-0.4, -0.2) is 35.6 Å². The van der Waals surface area contributed by atoms with E-state index < -0.39 is 11.9 Å². The standard InChI is InChI=1S/C9H11N3O3/c1-12(5-7(10)13)8-4-6(9(14)15)2-3-11-8/h2-4H,5H2,1H3,(H2,10,13)(H,14,15). The Morgan fingerprint density at radius 1 is 1.60 bits per heavy atom. The van der Waals surface area contributed by atoms with E-state index in [9.17, 15) is 9.59 Å². The molecule has 0 aromatic carbocycles. The zero-order valence-electron chi connectivity index (χ0n) is 8.17. The average Bonchev–Trinajstić information content (AvgIpc) is 2.17. The molecule has 6 heteroatoms. The molecular weight excluding hydrogens is 198 g/mol. The van der Waals surface area contributed by atoms with Gasteiger partial charge in [0.15, 0.2) is 0 Å². The van der Waals surface area contributed by atoms with E-state index in [0.717, 1.165) is 0 Å². The Labute approximate surface area is 86.3 Å². The number of hydrogen-bond donors (Lipinski definition) is 2. The quantitative estimate of drug-likeness (QED) is 0.709. The molecule has 1 rings (SSSR count).